The smallest absolute Gasteiger partial charge is 0.254 e. The zero-order chi connectivity index (χ0) is 11.5. The summed E-state index contributed by atoms with van der Waals surface area (Å²) in [5, 5.41) is 0.669. The molecule has 3 heteroatoms. The van der Waals surface area contributed by atoms with Crippen LogP contribution < -0.4 is 0 Å². The highest BCUT2D eigenvalue weighted by atomic mass is 35.5. The second-order valence-corrected chi connectivity index (χ2v) is 5.25. The van der Waals surface area contributed by atoms with Crippen LogP contribution in [0.1, 0.15) is 35.0 Å². The highest BCUT2D eigenvalue weighted by Crippen LogP contribution is 2.33. The molecule has 0 fully saturated rings. The van der Waals surface area contributed by atoms with E-state index in [4.69, 9.17) is 11.6 Å². The van der Waals surface area contributed by atoms with Crippen molar-refractivity contribution in [2.75, 3.05) is 0 Å². The number of fused-ring (bicyclic) bond motifs is 1. The van der Waals surface area contributed by atoms with Gasteiger partial charge < -0.3 is 0 Å². The first-order valence-electron chi connectivity index (χ1n) is 5.44. The van der Waals surface area contributed by atoms with Crippen LogP contribution in [0.2, 0.25) is 0 Å². The lowest BCUT2D eigenvalue weighted by atomic mass is 10.1. The first kappa shape index (κ1) is 11.6. The van der Waals surface area contributed by atoms with E-state index in [1.807, 2.05) is 24.3 Å². The molecule has 2 aromatic rings. The Morgan fingerprint density at radius 2 is 2.12 bits per heavy atom. The fourth-order valence-corrected chi connectivity index (χ4v) is 3.34. The summed E-state index contributed by atoms with van der Waals surface area (Å²) in [4.78, 5) is 12.6. The van der Waals surface area contributed by atoms with E-state index in [0.29, 0.717) is 0 Å². The molecule has 84 valence electrons. The number of hydrogen-bond acceptors (Lipinski definition) is 2. The largest absolute Gasteiger partial charge is 0.276 e. The molecule has 1 aromatic carbocycles. The van der Waals surface area contributed by atoms with E-state index >= 15 is 0 Å². The maximum absolute atomic E-state index is 11.5. The molecule has 16 heavy (non-hydrogen) atoms. The van der Waals surface area contributed by atoms with Gasteiger partial charge in [-0.2, -0.15) is 0 Å². The fraction of sp³-hybridized carbons (Fsp3) is 0.308. The van der Waals surface area contributed by atoms with E-state index in [-0.39, 0.29) is 5.24 Å². The van der Waals surface area contributed by atoms with Gasteiger partial charge in [-0.05, 0) is 30.5 Å². The summed E-state index contributed by atoms with van der Waals surface area (Å²) in [5.74, 6) is 0. The van der Waals surface area contributed by atoms with E-state index < -0.39 is 0 Å². The lowest BCUT2D eigenvalue weighted by Crippen LogP contribution is -1.93. The first-order chi connectivity index (χ1) is 7.74. The van der Waals surface area contributed by atoms with E-state index in [9.17, 15) is 4.79 Å². The topological polar surface area (TPSA) is 17.1 Å². The number of thiophene rings is 1. The van der Waals surface area contributed by atoms with Gasteiger partial charge in [0.25, 0.3) is 5.24 Å². The molecule has 0 unspecified atom stereocenters. The van der Waals surface area contributed by atoms with E-state index in [1.165, 1.54) is 0 Å². The van der Waals surface area contributed by atoms with Gasteiger partial charge in [0.05, 0.1) is 5.56 Å². The van der Waals surface area contributed by atoms with Crippen LogP contribution in [-0.2, 0) is 6.42 Å². The maximum atomic E-state index is 11.5. The van der Waals surface area contributed by atoms with Crippen LogP contribution in [0, 0.1) is 0 Å². The second-order valence-electron chi connectivity index (χ2n) is 3.77. The molecule has 1 nitrogen and oxygen atoms in total. The first-order valence-corrected chi connectivity index (χ1v) is 6.63. The zero-order valence-corrected chi connectivity index (χ0v) is 10.7. The summed E-state index contributed by atoms with van der Waals surface area (Å²) in [6.45, 7) is 2.15. The number of rotatable bonds is 4. The van der Waals surface area contributed by atoms with Crippen LogP contribution in [-0.4, -0.2) is 5.24 Å². The summed E-state index contributed by atoms with van der Waals surface area (Å²) < 4.78 is 1.15. The van der Waals surface area contributed by atoms with Crippen molar-refractivity contribution >= 4 is 38.3 Å². The van der Waals surface area contributed by atoms with Gasteiger partial charge in [0.1, 0.15) is 0 Å². The van der Waals surface area contributed by atoms with Crippen molar-refractivity contribution in [1.29, 1.82) is 0 Å². The van der Waals surface area contributed by atoms with Crippen LogP contribution in [0.5, 0.6) is 0 Å². The van der Waals surface area contributed by atoms with Crippen LogP contribution in [0.4, 0.5) is 0 Å². The molecule has 0 aliphatic carbocycles. The van der Waals surface area contributed by atoms with Gasteiger partial charge >= 0.3 is 0 Å². The standard InChI is InChI=1S/C13H13ClOS/c1-2-3-7-11-12(13(14)15)9-6-4-5-8-10(9)16-11/h4-6,8H,2-3,7H2,1H3. The van der Waals surface area contributed by atoms with Crippen LogP contribution in [0.3, 0.4) is 0 Å². The average molecular weight is 253 g/mol. The Bertz CT molecular complexity index is 516. The lowest BCUT2D eigenvalue weighted by molar-refractivity contribution is 0.108. The molecular formula is C13H13ClOS. The molecule has 0 saturated heterocycles. The average Bonchev–Trinajstić information content (AvgIpc) is 2.64. The van der Waals surface area contributed by atoms with Gasteiger partial charge in [-0.3, -0.25) is 4.79 Å². The number of benzene rings is 1. The molecule has 0 radical (unpaired) electrons. The Labute approximate surface area is 104 Å². The van der Waals surface area contributed by atoms with Crippen LogP contribution in [0.15, 0.2) is 24.3 Å². The highest BCUT2D eigenvalue weighted by Gasteiger charge is 2.16. The molecule has 1 aromatic heterocycles. The Morgan fingerprint density at radius 1 is 1.38 bits per heavy atom. The summed E-state index contributed by atoms with van der Waals surface area (Å²) in [6, 6.07) is 7.95. The summed E-state index contributed by atoms with van der Waals surface area (Å²) in [7, 11) is 0. The quantitative estimate of drug-likeness (QED) is 0.726. The third kappa shape index (κ3) is 2.13. The summed E-state index contributed by atoms with van der Waals surface area (Å²) >= 11 is 7.36. The van der Waals surface area contributed by atoms with Crippen molar-refractivity contribution in [3.05, 3.63) is 34.7 Å². The van der Waals surface area contributed by atoms with Crippen molar-refractivity contribution in [2.45, 2.75) is 26.2 Å². The number of carbonyl (C=O) groups excluding carboxylic acids is 1. The molecule has 1 heterocycles. The predicted octanol–water partition coefficient (Wildman–Crippen LogP) is 4.62. The fourth-order valence-electron chi connectivity index (χ4n) is 1.82. The molecule has 0 bridgehead atoms. The lowest BCUT2D eigenvalue weighted by Gasteiger charge is -1.98. The molecule has 0 spiro atoms. The molecule has 0 saturated carbocycles. The molecule has 0 atom stereocenters. The number of carbonyl (C=O) groups is 1. The summed E-state index contributed by atoms with van der Waals surface area (Å²) in [5.41, 5.74) is 0.718. The third-order valence-corrected chi connectivity index (χ3v) is 4.04. The molecular weight excluding hydrogens is 240 g/mol. The van der Waals surface area contributed by atoms with Crippen molar-refractivity contribution < 1.29 is 4.79 Å². The number of halogens is 1. The normalized spacial score (nSPS) is 10.9. The van der Waals surface area contributed by atoms with Gasteiger partial charge in [0.2, 0.25) is 0 Å². The monoisotopic (exact) mass is 252 g/mol. The number of hydrogen-bond donors (Lipinski definition) is 0. The third-order valence-electron chi connectivity index (χ3n) is 2.62. The highest BCUT2D eigenvalue weighted by molar-refractivity contribution is 7.19. The van der Waals surface area contributed by atoms with Crippen molar-refractivity contribution in [3.8, 4) is 0 Å². The van der Waals surface area contributed by atoms with Crippen molar-refractivity contribution in [2.24, 2.45) is 0 Å². The Kier molecular flexibility index (Phi) is 3.62. The molecule has 0 N–H and O–H groups in total. The van der Waals surface area contributed by atoms with Gasteiger partial charge in [-0.25, -0.2) is 0 Å². The SMILES string of the molecule is CCCCc1sc2ccccc2c1C(=O)Cl. The van der Waals surface area contributed by atoms with Crippen molar-refractivity contribution in [3.63, 3.8) is 0 Å². The van der Waals surface area contributed by atoms with Gasteiger partial charge in [0, 0.05) is 15.0 Å². The van der Waals surface area contributed by atoms with Gasteiger partial charge in [-0.15, -0.1) is 11.3 Å². The zero-order valence-electron chi connectivity index (χ0n) is 9.13. The number of unbranched alkanes of at least 4 members (excludes halogenated alkanes) is 1. The van der Waals surface area contributed by atoms with Gasteiger partial charge in [-0.1, -0.05) is 31.5 Å². The Balaban J connectivity index is 2.54. The minimum absolute atomic E-state index is 0.330. The Morgan fingerprint density at radius 3 is 2.81 bits per heavy atom. The predicted molar refractivity (Wildman–Crippen MR) is 70.6 cm³/mol. The molecule has 0 amide bonds. The second kappa shape index (κ2) is 4.98. The van der Waals surface area contributed by atoms with Crippen LogP contribution >= 0.6 is 22.9 Å². The maximum Gasteiger partial charge on any atom is 0.254 e. The molecule has 0 aliphatic rings. The van der Waals surface area contributed by atoms with E-state index in [0.717, 1.165) is 39.8 Å². The Hall–Kier alpha value is -0.860. The molecule has 2 rings (SSSR count). The van der Waals surface area contributed by atoms with Crippen LogP contribution in [0.25, 0.3) is 10.1 Å². The number of aryl methyl sites for hydroxylation is 1. The molecule has 0 aliphatic heterocycles. The van der Waals surface area contributed by atoms with E-state index in [1.54, 1.807) is 11.3 Å². The van der Waals surface area contributed by atoms with Crippen molar-refractivity contribution in [1.82, 2.24) is 0 Å². The minimum atomic E-state index is -0.330. The van der Waals surface area contributed by atoms with Gasteiger partial charge in [0.15, 0.2) is 0 Å². The van der Waals surface area contributed by atoms with E-state index in [2.05, 4.69) is 6.92 Å². The summed E-state index contributed by atoms with van der Waals surface area (Å²) in [6.07, 6.45) is 3.18. The minimum Gasteiger partial charge on any atom is -0.276 e.